The number of methoxy groups -OCH3 is 1. The zero-order valence-corrected chi connectivity index (χ0v) is 14.9. The van der Waals surface area contributed by atoms with Crippen molar-refractivity contribution in [2.24, 2.45) is 13.0 Å². The van der Waals surface area contributed by atoms with E-state index in [1.165, 1.54) is 16.2 Å². The fourth-order valence-electron chi connectivity index (χ4n) is 2.97. The van der Waals surface area contributed by atoms with Gasteiger partial charge in [-0.25, -0.2) is 4.79 Å². The molecule has 3 rings (SSSR count). The van der Waals surface area contributed by atoms with Crippen molar-refractivity contribution in [2.45, 2.75) is 33.9 Å². The Kier molecular flexibility index (Phi) is 4.02. The molecule has 134 valence electrons. The van der Waals surface area contributed by atoms with Crippen LogP contribution >= 0.6 is 0 Å². The van der Waals surface area contributed by atoms with Crippen molar-refractivity contribution in [3.8, 4) is 0 Å². The van der Waals surface area contributed by atoms with Crippen LogP contribution in [0.5, 0.6) is 0 Å². The Labute approximate surface area is 143 Å². The van der Waals surface area contributed by atoms with Gasteiger partial charge in [-0.05, 0) is 12.8 Å². The van der Waals surface area contributed by atoms with Gasteiger partial charge in [0.2, 0.25) is 5.78 Å². The first-order valence-corrected chi connectivity index (χ1v) is 8.00. The van der Waals surface area contributed by atoms with Gasteiger partial charge >= 0.3 is 11.7 Å². The topological polar surface area (TPSA) is 92.5 Å². The van der Waals surface area contributed by atoms with Crippen LogP contribution in [0.3, 0.4) is 0 Å². The minimum atomic E-state index is -0.417. The smallest absolute Gasteiger partial charge is 0.332 e. The molecule has 0 unspecified atom stereocenters. The Morgan fingerprint density at radius 2 is 1.96 bits per heavy atom. The van der Waals surface area contributed by atoms with Crippen molar-refractivity contribution < 1.29 is 9.53 Å². The molecule has 0 saturated heterocycles. The molecule has 3 aromatic heterocycles. The lowest BCUT2D eigenvalue weighted by molar-refractivity contribution is -0.141. The zero-order chi connectivity index (χ0) is 18.5. The van der Waals surface area contributed by atoms with Gasteiger partial charge in [0.05, 0.1) is 7.11 Å². The summed E-state index contributed by atoms with van der Waals surface area (Å²) in [4.78, 5) is 41.5. The molecule has 0 fully saturated rings. The second kappa shape index (κ2) is 5.91. The number of ether oxygens (including phenoxy) is 1. The molecule has 0 amide bonds. The Morgan fingerprint density at radius 1 is 1.28 bits per heavy atom. The third-order valence-electron chi connectivity index (χ3n) is 4.20. The first-order valence-electron chi connectivity index (χ1n) is 8.00. The highest BCUT2D eigenvalue weighted by Gasteiger charge is 2.21. The number of hydrogen-bond donors (Lipinski definition) is 0. The van der Waals surface area contributed by atoms with Gasteiger partial charge in [-0.3, -0.25) is 23.1 Å². The van der Waals surface area contributed by atoms with E-state index in [1.54, 1.807) is 22.2 Å². The van der Waals surface area contributed by atoms with Crippen molar-refractivity contribution in [3.05, 3.63) is 32.7 Å². The van der Waals surface area contributed by atoms with Crippen molar-refractivity contribution in [1.29, 1.82) is 0 Å². The molecule has 25 heavy (non-hydrogen) atoms. The van der Waals surface area contributed by atoms with Gasteiger partial charge in [0.15, 0.2) is 11.2 Å². The number of hydrogen-bond acceptors (Lipinski definition) is 5. The Balaban J connectivity index is 2.38. The summed E-state index contributed by atoms with van der Waals surface area (Å²) in [5, 5.41) is 0. The molecule has 9 heteroatoms. The number of nitrogens with zero attached hydrogens (tertiary/aromatic N) is 5. The summed E-state index contributed by atoms with van der Waals surface area (Å²) in [5.41, 5.74) is 0.601. The molecule has 3 aromatic rings. The Hall–Kier alpha value is -2.84. The number of aryl methyl sites for hydroxylation is 2. The summed E-state index contributed by atoms with van der Waals surface area (Å²) in [6, 6.07) is 0. The van der Waals surface area contributed by atoms with E-state index in [2.05, 4.69) is 4.98 Å². The van der Waals surface area contributed by atoms with Crippen molar-refractivity contribution in [1.82, 2.24) is 23.1 Å². The molecule has 0 aliphatic heterocycles. The molecule has 0 saturated carbocycles. The van der Waals surface area contributed by atoms with E-state index < -0.39 is 11.7 Å². The summed E-state index contributed by atoms with van der Waals surface area (Å²) >= 11 is 0. The fourth-order valence-corrected chi connectivity index (χ4v) is 2.97. The normalized spacial score (nSPS) is 11.8. The average molecular weight is 347 g/mol. The molecular weight excluding hydrogens is 326 g/mol. The highest BCUT2D eigenvalue weighted by molar-refractivity contribution is 5.77. The van der Waals surface area contributed by atoms with E-state index in [0.717, 1.165) is 5.69 Å². The van der Waals surface area contributed by atoms with Crippen LogP contribution in [-0.2, 0) is 29.7 Å². The molecule has 0 aliphatic carbocycles. The van der Waals surface area contributed by atoms with Gasteiger partial charge in [-0.2, -0.15) is 4.98 Å². The summed E-state index contributed by atoms with van der Waals surface area (Å²) in [6.07, 6.45) is 1.74. The number of aromatic nitrogens is 5. The molecule has 0 spiro atoms. The van der Waals surface area contributed by atoms with Gasteiger partial charge in [0.25, 0.3) is 5.56 Å². The summed E-state index contributed by atoms with van der Waals surface area (Å²) in [5.74, 6) is 0.156. The van der Waals surface area contributed by atoms with Crippen LogP contribution in [0.4, 0.5) is 0 Å². The Bertz CT molecular complexity index is 1100. The fraction of sp³-hybridized carbons (Fsp3) is 0.500. The lowest BCUT2D eigenvalue weighted by Gasteiger charge is -2.09. The largest absolute Gasteiger partial charge is 0.468 e. The van der Waals surface area contributed by atoms with Crippen LogP contribution in [0.1, 0.15) is 19.5 Å². The SMILES string of the molecule is COC(=O)Cn1c(C)cn2c3c(=O)n(CC(C)C)c(=O)n(C)c3nc12. The quantitative estimate of drug-likeness (QED) is 0.632. The minimum absolute atomic E-state index is 0.0176. The number of carbonyl (C=O) groups excluding carboxylic acids is 1. The van der Waals surface area contributed by atoms with E-state index in [0.29, 0.717) is 23.5 Å². The molecule has 3 heterocycles. The van der Waals surface area contributed by atoms with Crippen molar-refractivity contribution in [2.75, 3.05) is 7.11 Å². The van der Waals surface area contributed by atoms with E-state index in [4.69, 9.17) is 4.74 Å². The molecule has 9 nitrogen and oxygen atoms in total. The van der Waals surface area contributed by atoms with E-state index in [1.807, 2.05) is 20.8 Å². The molecule has 0 bridgehead atoms. The monoisotopic (exact) mass is 347 g/mol. The van der Waals surface area contributed by atoms with Crippen molar-refractivity contribution >= 4 is 22.9 Å². The number of carbonyl (C=O) groups is 1. The maximum Gasteiger partial charge on any atom is 0.332 e. The molecule has 0 atom stereocenters. The standard InChI is InChI=1S/C16H21N5O4/c1-9(2)6-21-14(23)12-13(18(4)16(21)24)17-15-19(8-11(22)25-5)10(3)7-20(12)15/h7,9H,6,8H2,1-5H3. The van der Waals surface area contributed by atoms with Gasteiger partial charge in [0, 0.05) is 25.5 Å². The van der Waals surface area contributed by atoms with Crippen LogP contribution < -0.4 is 11.2 Å². The number of esters is 1. The van der Waals surface area contributed by atoms with Crippen LogP contribution in [-0.4, -0.2) is 36.2 Å². The van der Waals surface area contributed by atoms with Crippen LogP contribution in [0.15, 0.2) is 15.8 Å². The predicted octanol–water partition coefficient (Wildman–Crippen LogP) is 0.287. The molecular formula is C16H21N5O4. The lowest BCUT2D eigenvalue weighted by Crippen LogP contribution is -2.40. The second-order valence-electron chi connectivity index (χ2n) is 6.54. The van der Waals surface area contributed by atoms with Crippen LogP contribution in [0.25, 0.3) is 16.9 Å². The first-order chi connectivity index (χ1) is 11.8. The van der Waals surface area contributed by atoms with Gasteiger partial charge < -0.3 is 9.30 Å². The highest BCUT2D eigenvalue weighted by atomic mass is 16.5. The maximum absolute atomic E-state index is 12.9. The van der Waals surface area contributed by atoms with E-state index in [9.17, 15) is 14.4 Å². The third kappa shape index (κ3) is 2.55. The lowest BCUT2D eigenvalue weighted by atomic mass is 10.2. The van der Waals surface area contributed by atoms with Gasteiger partial charge in [-0.1, -0.05) is 13.8 Å². The minimum Gasteiger partial charge on any atom is -0.468 e. The number of fused-ring (bicyclic) bond motifs is 3. The van der Waals surface area contributed by atoms with Crippen LogP contribution in [0, 0.1) is 12.8 Å². The second-order valence-corrected chi connectivity index (χ2v) is 6.54. The molecule has 0 N–H and O–H groups in total. The summed E-state index contributed by atoms with van der Waals surface area (Å²) in [7, 11) is 2.90. The van der Waals surface area contributed by atoms with Gasteiger partial charge in [0.1, 0.15) is 6.54 Å². The number of imidazole rings is 2. The molecule has 0 aromatic carbocycles. The molecule has 0 aliphatic rings. The van der Waals surface area contributed by atoms with Gasteiger partial charge in [-0.15, -0.1) is 0 Å². The zero-order valence-electron chi connectivity index (χ0n) is 14.9. The van der Waals surface area contributed by atoms with E-state index >= 15 is 0 Å². The van der Waals surface area contributed by atoms with Crippen LogP contribution in [0.2, 0.25) is 0 Å². The van der Waals surface area contributed by atoms with E-state index in [-0.39, 0.29) is 18.0 Å². The summed E-state index contributed by atoms with van der Waals surface area (Å²) in [6.45, 7) is 6.02. The predicted molar refractivity (Wildman–Crippen MR) is 91.8 cm³/mol. The Morgan fingerprint density at radius 3 is 2.56 bits per heavy atom. The van der Waals surface area contributed by atoms with Crippen molar-refractivity contribution in [3.63, 3.8) is 0 Å². The average Bonchev–Trinajstić information content (AvgIpc) is 3.06. The summed E-state index contributed by atoms with van der Waals surface area (Å²) < 4.78 is 10.6. The maximum atomic E-state index is 12.9. The molecule has 0 radical (unpaired) electrons. The highest BCUT2D eigenvalue weighted by Crippen LogP contribution is 2.16. The third-order valence-corrected chi connectivity index (χ3v) is 4.20. The number of rotatable bonds is 4. The first kappa shape index (κ1) is 17.0.